The van der Waals surface area contributed by atoms with Gasteiger partial charge in [0.25, 0.3) is 0 Å². The van der Waals surface area contributed by atoms with Crippen LogP contribution in [0.15, 0.2) is 66.7 Å². The average molecular weight is 357 g/mol. The molecule has 1 heterocycles. The predicted octanol–water partition coefficient (Wildman–Crippen LogP) is 5.01. The molecule has 0 bridgehead atoms. The van der Waals surface area contributed by atoms with Gasteiger partial charge < -0.3 is 5.11 Å². The fraction of sp³-hybridized carbons (Fsp3) is 0.217. The molecule has 0 radical (unpaired) electrons. The molecule has 1 N–H and O–H groups in total. The third-order valence-electron chi connectivity index (χ3n) is 4.77. The summed E-state index contributed by atoms with van der Waals surface area (Å²) in [6.45, 7) is 6.51. The minimum absolute atomic E-state index is 0.0551. The number of phenols is 1. The van der Waals surface area contributed by atoms with Gasteiger partial charge in [-0.05, 0) is 34.7 Å². The molecule has 4 rings (SSSR count). The van der Waals surface area contributed by atoms with E-state index in [2.05, 4.69) is 49.2 Å². The van der Waals surface area contributed by atoms with Gasteiger partial charge in [0.1, 0.15) is 22.5 Å². The predicted molar refractivity (Wildman–Crippen MR) is 108 cm³/mol. The Labute approximate surface area is 159 Å². The fourth-order valence-corrected chi connectivity index (χ4v) is 3.18. The number of rotatable bonds is 3. The van der Waals surface area contributed by atoms with Crippen molar-refractivity contribution >= 4 is 11.0 Å². The number of aromatic hydroxyl groups is 1. The van der Waals surface area contributed by atoms with E-state index in [0.29, 0.717) is 12.1 Å². The lowest BCUT2D eigenvalue weighted by molar-refractivity contribution is 0.460. The number of benzene rings is 3. The van der Waals surface area contributed by atoms with E-state index in [1.54, 1.807) is 4.80 Å². The van der Waals surface area contributed by atoms with Crippen LogP contribution in [0.3, 0.4) is 0 Å². The summed E-state index contributed by atoms with van der Waals surface area (Å²) < 4.78 is 0. The number of aromatic nitrogens is 3. The molecule has 1 aromatic heterocycles. The van der Waals surface area contributed by atoms with Crippen molar-refractivity contribution in [1.82, 2.24) is 15.0 Å². The lowest BCUT2D eigenvalue weighted by Gasteiger charge is -2.22. The van der Waals surface area contributed by atoms with Crippen LogP contribution in [-0.4, -0.2) is 20.1 Å². The fourth-order valence-electron chi connectivity index (χ4n) is 3.18. The maximum atomic E-state index is 11.0. The second-order valence-corrected chi connectivity index (χ2v) is 7.89. The molecule has 4 aromatic rings. The van der Waals surface area contributed by atoms with Gasteiger partial charge in [0.15, 0.2) is 0 Å². The molecule has 0 atom stereocenters. The van der Waals surface area contributed by atoms with Crippen molar-refractivity contribution in [3.05, 3.63) is 83.4 Å². The molecule has 3 aromatic carbocycles. The Morgan fingerprint density at radius 2 is 1.44 bits per heavy atom. The quantitative estimate of drug-likeness (QED) is 0.560. The number of nitrogens with zero attached hydrogens (tertiary/aromatic N) is 3. The van der Waals surface area contributed by atoms with Crippen molar-refractivity contribution in [1.29, 1.82) is 0 Å². The lowest BCUT2D eigenvalue weighted by Crippen LogP contribution is -2.13. The molecule has 0 aliphatic carbocycles. The van der Waals surface area contributed by atoms with Gasteiger partial charge in [-0.2, -0.15) is 0 Å². The molecular weight excluding hydrogens is 334 g/mol. The van der Waals surface area contributed by atoms with Crippen LogP contribution in [0.1, 0.15) is 37.5 Å². The van der Waals surface area contributed by atoms with Crippen LogP contribution in [-0.2, 0) is 11.8 Å². The van der Waals surface area contributed by atoms with Crippen LogP contribution in [0.2, 0.25) is 0 Å². The summed E-state index contributed by atoms with van der Waals surface area (Å²) in [5.74, 6) is 0.229. The van der Waals surface area contributed by atoms with Crippen molar-refractivity contribution in [2.24, 2.45) is 0 Å². The minimum atomic E-state index is -0.0551. The van der Waals surface area contributed by atoms with Crippen LogP contribution in [0.5, 0.6) is 5.75 Å². The zero-order valence-corrected chi connectivity index (χ0v) is 15.8. The molecule has 0 saturated carbocycles. The Morgan fingerprint density at radius 1 is 0.852 bits per heavy atom. The van der Waals surface area contributed by atoms with E-state index in [-0.39, 0.29) is 11.2 Å². The highest BCUT2D eigenvalue weighted by molar-refractivity contribution is 5.73. The molecule has 4 heteroatoms. The molecule has 0 spiro atoms. The van der Waals surface area contributed by atoms with E-state index < -0.39 is 0 Å². The SMILES string of the molecule is CC(C)(C)c1cc(Cc2ccccc2)c(O)c(-n2nc3ccccc3n2)c1. The molecule has 136 valence electrons. The number of hydrogen-bond donors (Lipinski definition) is 1. The summed E-state index contributed by atoms with van der Waals surface area (Å²) in [5.41, 5.74) is 5.35. The topological polar surface area (TPSA) is 50.9 Å². The smallest absolute Gasteiger partial charge is 0.146 e. The third-order valence-corrected chi connectivity index (χ3v) is 4.77. The van der Waals surface area contributed by atoms with Crippen LogP contribution in [0.4, 0.5) is 0 Å². The Kier molecular flexibility index (Phi) is 4.19. The standard InChI is InChI=1S/C23H23N3O/c1-23(2,3)18-14-17(13-16-9-5-4-6-10-16)22(27)21(15-18)26-24-19-11-7-8-12-20(19)25-26/h4-12,14-15,27H,13H2,1-3H3. The van der Waals surface area contributed by atoms with Gasteiger partial charge in [-0.25, -0.2) is 0 Å². The van der Waals surface area contributed by atoms with Gasteiger partial charge >= 0.3 is 0 Å². The number of phenolic OH excluding ortho intramolecular Hbond substituents is 1. The van der Waals surface area contributed by atoms with Gasteiger partial charge in [0.2, 0.25) is 0 Å². The maximum absolute atomic E-state index is 11.0. The van der Waals surface area contributed by atoms with E-state index in [1.807, 2.05) is 48.5 Å². The first-order valence-corrected chi connectivity index (χ1v) is 9.14. The highest BCUT2D eigenvalue weighted by atomic mass is 16.3. The van der Waals surface area contributed by atoms with Crippen molar-refractivity contribution in [2.75, 3.05) is 0 Å². The van der Waals surface area contributed by atoms with Gasteiger partial charge in [-0.15, -0.1) is 15.0 Å². The molecule has 0 unspecified atom stereocenters. The van der Waals surface area contributed by atoms with Gasteiger partial charge in [0, 0.05) is 12.0 Å². The Morgan fingerprint density at radius 3 is 2.04 bits per heavy atom. The monoisotopic (exact) mass is 357 g/mol. The van der Waals surface area contributed by atoms with E-state index in [1.165, 1.54) is 0 Å². The molecule has 0 saturated heterocycles. The third kappa shape index (κ3) is 3.43. The van der Waals surface area contributed by atoms with Crippen molar-refractivity contribution in [3.8, 4) is 11.4 Å². The van der Waals surface area contributed by atoms with Crippen molar-refractivity contribution < 1.29 is 5.11 Å². The first-order chi connectivity index (χ1) is 12.9. The molecule has 0 aliphatic heterocycles. The molecule has 4 nitrogen and oxygen atoms in total. The second kappa shape index (κ2) is 6.54. The zero-order valence-electron chi connectivity index (χ0n) is 15.8. The first-order valence-electron chi connectivity index (χ1n) is 9.14. The summed E-state index contributed by atoms with van der Waals surface area (Å²) in [5, 5.41) is 20.1. The molecule has 0 aliphatic rings. The summed E-state index contributed by atoms with van der Waals surface area (Å²) in [7, 11) is 0. The number of hydrogen-bond acceptors (Lipinski definition) is 3. The summed E-state index contributed by atoms with van der Waals surface area (Å²) in [6.07, 6.45) is 0.657. The summed E-state index contributed by atoms with van der Waals surface area (Å²) in [4.78, 5) is 1.55. The van der Waals surface area contributed by atoms with E-state index in [4.69, 9.17) is 0 Å². The summed E-state index contributed by atoms with van der Waals surface area (Å²) >= 11 is 0. The summed E-state index contributed by atoms with van der Waals surface area (Å²) in [6, 6.07) is 22.0. The van der Waals surface area contributed by atoms with Gasteiger partial charge in [-0.3, -0.25) is 0 Å². The average Bonchev–Trinajstić information content (AvgIpc) is 3.07. The largest absolute Gasteiger partial charge is 0.505 e. The number of fused-ring (bicyclic) bond motifs is 1. The molecule has 0 fully saturated rings. The van der Waals surface area contributed by atoms with Crippen LogP contribution >= 0.6 is 0 Å². The van der Waals surface area contributed by atoms with Crippen LogP contribution in [0, 0.1) is 0 Å². The molecule has 27 heavy (non-hydrogen) atoms. The normalized spacial score (nSPS) is 11.8. The highest BCUT2D eigenvalue weighted by Gasteiger charge is 2.21. The molecular formula is C23H23N3O. The van der Waals surface area contributed by atoms with Crippen LogP contribution in [0.25, 0.3) is 16.7 Å². The second-order valence-electron chi connectivity index (χ2n) is 7.89. The Balaban J connectivity index is 1.88. The maximum Gasteiger partial charge on any atom is 0.146 e. The highest BCUT2D eigenvalue weighted by Crippen LogP contribution is 2.34. The molecule has 0 amide bonds. The van der Waals surface area contributed by atoms with Crippen molar-refractivity contribution in [2.45, 2.75) is 32.6 Å². The van der Waals surface area contributed by atoms with E-state index in [9.17, 15) is 5.11 Å². The van der Waals surface area contributed by atoms with Gasteiger partial charge in [-0.1, -0.05) is 69.3 Å². The Bertz CT molecular complexity index is 1060. The van der Waals surface area contributed by atoms with Gasteiger partial charge in [0.05, 0.1) is 0 Å². The van der Waals surface area contributed by atoms with E-state index >= 15 is 0 Å². The lowest BCUT2D eigenvalue weighted by atomic mass is 9.85. The minimum Gasteiger partial charge on any atom is -0.505 e. The zero-order chi connectivity index (χ0) is 19.0. The van der Waals surface area contributed by atoms with E-state index in [0.717, 1.165) is 27.7 Å². The first kappa shape index (κ1) is 17.3. The van der Waals surface area contributed by atoms with Crippen LogP contribution < -0.4 is 0 Å². The van der Waals surface area contributed by atoms with Crippen molar-refractivity contribution in [3.63, 3.8) is 0 Å². The Hall–Kier alpha value is -3.14.